The van der Waals surface area contributed by atoms with E-state index in [-0.39, 0.29) is 18.0 Å². The predicted molar refractivity (Wildman–Crippen MR) is 77.6 cm³/mol. The van der Waals surface area contributed by atoms with Gasteiger partial charge in [0.25, 0.3) is 0 Å². The Morgan fingerprint density at radius 3 is 1.89 bits per heavy atom. The molecule has 0 amide bonds. The second kappa shape index (κ2) is 11.6. The van der Waals surface area contributed by atoms with E-state index in [4.69, 9.17) is 4.74 Å². The van der Waals surface area contributed by atoms with Crippen molar-refractivity contribution in [2.45, 2.75) is 91.6 Å². The summed E-state index contributed by atoms with van der Waals surface area (Å²) in [6.07, 6.45) is 10.6. The highest BCUT2D eigenvalue weighted by atomic mass is 16.5. The van der Waals surface area contributed by atoms with Crippen molar-refractivity contribution in [3.63, 3.8) is 0 Å². The topological polar surface area (TPSA) is 26.3 Å². The summed E-state index contributed by atoms with van der Waals surface area (Å²) < 4.78 is 5.36. The number of carbonyl (C=O) groups is 1. The normalized spacial score (nSPS) is 12.7. The molecule has 0 spiro atoms. The van der Waals surface area contributed by atoms with E-state index in [1.54, 1.807) is 0 Å². The van der Waals surface area contributed by atoms with Crippen LogP contribution in [0.1, 0.15) is 85.5 Å². The lowest BCUT2D eigenvalue weighted by atomic mass is 9.95. The van der Waals surface area contributed by atoms with Crippen LogP contribution < -0.4 is 0 Å². The largest absolute Gasteiger partial charge is 0.463 e. The first-order valence-corrected chi connectivity index (χ1v) is 7.82. The van der Waals surface area contributed by atoms with E-state index >= 15 is 0 Å². The Bertz CT molecular complexity index is 199. The zero-order valence-corrected chi connectivity index (χ0v) is 12.8. The number of ether oxygens (including phenoxy) is 1. The summed E-state index contributed by atoms with van der Waals surface area (Å²) in [6, 6.07) is 0. The Morgan fingerprint density at radius 2 is 1.39 bits per heavy atom. The molecule has 0 aliphatic heterocycles. The highest BCUT2D eigenvalue weighted by Crippen LogP contribution is 2.20. The average molecular weight is 256 g/mol. The fraction of sp³-hybridized carbons (Fsp3) is 0.938. The zero-order valence-electron chi connectivity index (χ0n) is 12.8. The molecule has 0 aliphatic carbocycles. The van der Waals surface area contributed by atoms with E-state index < -0.39 is 0 Å². The molecule has 0 rings (SSSR count). The lowest BCUT2D eigenvalue weighted by molar-refractivity contribution is -0.153. The molecule has 0 bridgehead atoms. The smallest absolute Gasteiger partial charge is 0.309 e. The number of carbonyl (C=O) groups excluding carboxylic acids is 1. The van der Waals surface area contributed by atoms with E-state index in [1.807, 2.05) is 13.8 Å². The lowest BCUT2D eigenvalue weighted by Crippen LogP contribution is -2.21. The summed E-state index contributed by atoms with van der Waals surface area (Å²) >= 11 is 0. The van der Waals surface area contributed by atoms with Crippen molar-refractivity contribution in [1.82, 2.24) is 0 Å². The molecule has 0 heterocycles. The van der Waals surface area contributed by atoms with E-state index in [0.717, 1.165) is 25.7 Å². The lowest BCUT2D eigenvalue weighted by Gasteiger charge is -2.17. The Morgan fingerprint density at radius 1 is 0.889 bits per heavy atom. The molecular formula is C16H32O2. The third-order valence-electron chi connectivity index (χ3n) is 3.25. The third-order valence-corrected chi connectivity index (χ3v) is 3.25. The van der Waals surface area contributed by atoms with Gasteiger partial charge in [-0.2, -0.15) is 0 Å². The fourth-order valence-electron chi connectivity index (χ4n) is 2.17. The van der Waals surface area contributed by atoms with Crippen molar-refractivity contribution in [3.8, 4) is 0 Å². The maximum atomic E-state index is 12.0. The number of rotatable bonds is 11. The summed E-state index contributed by atoms with van der Waals surface area (Å²) in [5.74, 6) is 0.161. The summed E-state index contributed by atoms with van der Waals surface area (Å²) in [5, 5.41) is 0. The highest BCUT2D eigenvalue weighted by molar-refractivity contribution is 5.72. The molecule has 0 saturated carbocycles. The molecule has 1 atom stereocenters. The second-order valence-electron chi connectivity index (χ2n) is 5.53. The SMILES string of the molecule is CCCCCCC(CCCCC)C(=O)OC(C)C. The number of esters is 1. The van der Waals surface area contributed by atoms with Gasteiger partial charge in [0.15, 0.2) is 0 Å². The molecule has 0 radical (unpaired) electrons. The molecule has 108 valence electrons. The van der Waals surface area contributed by atoms with E-state index in [2.05, 4.69) is 13.8 Å². The van der Waals surface area contributed by atoms with Crippen molar-refractivity contribution in [2.24, 2.45) is 5.92 Å². The molecular weight excluding hydrogens is 224 g/mol. The van der Waals surface area contributed by atoms with Crippen LogP contribution in [-0.2, 0) is 9.53 Å². The van der Waals surface area contributed by atoms with Crippen LogP contribution >= 0.6 is 0 Å². The van der Waals surface area contributed by atoms with Crippen LogP contribution in [-0.4, -0.2) is 12.1 Å². The Balaban J connectivity index is 4.02. The van der Waals surface area contributed by atoms with Gasteiger partial charge in [0, 0.05) is 0 Å². The van der Waals surface area contributed by atoms with Crippen molar-refractivity contribution in [1.29, 1.82) is 0 Å². The van der Waals surface area contributed by atoms with Gasteiger partial charge in [0.05, 0.1) is 12.0 Å². The van der Waals surface area contributed by atoms with Crippen molar-refractivity contribution in [3.05, 3.63) is 0 Å². The van der Waals surface area contributed by atoms with Crippen LogP contribution in [0.15, 0.2) is 0 Å². The summed E-state index contributed by atoms with van der Waals surface area (Å²) in [7, 11) is 0. The van der Waals surface area contributed by atoms with Crippen LogP contribution in [0.4, 0.5) is 0 Å². The monoisotopic (exact) mass is 256 g/mol. The quantitative estimate of drug-likeness (QED) is 0.379. The predicted octanol–water partition coefficient (Wildman–Crippen LogP) is 5.10. The highest BCUT2D eigenvalue weighted by Gasteiger charge is 2.20. The second-order valence-corrected chi connectivity index (χ2v) is 5.53. The Hall–Kier alpha value is -0.530. The first kappa shape index (κ1) is 17.5. The third kappa shape index (κ3) is 9.49. The molecule has 18 heavy (non-hydrogen) atoms. The number of hydrogen-bond acceptors (Lipinski definition) is 2. The fourth-order valence-corrected chi connectivity index (χ4v) is 2.17. The van der Waals surface area contributed by atoms with E-state index in [1.165, 1.54) is 32.1 Å². The molecule has 0 saturated heterocycles. The van der Waals surface area contributed by atoms with Crippen LogP contribution in [0.3, 0.4) is 0 Å². The first-order chi connectivity index (χ1) is 8.61. The minimum absolute atomic E-state index is 0.0156. The van der Waals surface area contributed by atoms with E-state index in [0.29, 0.717) is 0 Å². The first-order valence-electron chi connectivity index (χ1n) is 7.82. The van der Waals surface area contributed by atoms with Gasteiger partial charge >= 0.3 is 5.97 Å². The molecule has 0 fully saturated rings. The van der Waals surface area contributed by atoms with Crippen molar-refractivity contribution >= 4 is 5.97 Å². The summed E-state index contributed by atoms with van der Waals surface area (Å²) in [5.41, 5.74) is 0. The van der Waals surface area contributed by atoms with Crippen LogP contribution in [0.2, 0.25) is 0 Å². The number of unbranched alkanes of at least 4 members (excludes halogenated alkanes) is 5. The van der Waals surface area contributed by atoms with Crippen molar-refractivity contribution in [2.75, 3.05) is 0 Å². The molecule has 2 nitrogen and oxygen atoms in total. The molecule has 0 aromatic carbocycles. The Kier molecular flexibility index (Phi) is 11.2. The minimum Gasteiger partial charge on any atom is -0.463 e. The summed E-state index contributed by atoms with van der Waals surface area (Å²) in [6.45, 7) is 8.27. The maximum Gasteiger partial charge on any atom is 0.309 e. The standard InChI is InChI=1S/C16H32O2/c1-5-7-9-11-13-15(12-10-8-6-2)16(17)18-14(3)4/h14-15H,5-13H2,1-4H3. The Labute approximate surface area is 113 Å². The van der Waals surface area contributed by atoms with Gasteiger partial charge in [-0.15, -0.1) is 0 Å². The van der Waals surface area contributed by atoms with Gasteiger partial charge in [0.2, 0.25) is 0 Å². The van der Waals surface area contributed by atoms with Gasteiger partial charge in [-0.1, -0.05) is 58.8 Å². The van der Waals surface area contributed by atoms with Crippen LogP contribution in [0.25, 0.3) is 0 Å². The minimum atomic E-state index is 0.0156. The van der Waals surface area contributed by atoms with Gasteiger partial charge in [-0.25, -0.2) is 0 Å². The van der Waals surface area contributed by atoms with Crippen molar-refractivity contribution < 1.29 is 9.53 Å². The van der Waals surface area contributed by atoms with Crippen LogP contribution in [0, 0.1) is 5.92 Å². The average Bonchev–Trinajstić information content (AvgIpc) is 2.31. The molecule has 2 heteroatoms. The van der Waals surface area contributed by atoms with Gasteiger partial charge < -0.3 is 4.74 Å². The van der Waals surface area contributed by atoms with Gasteiger partial charge in [0.1, 0.15) is 0 Å². The molecule has 0 aromatic rings. The summed E-state index contributed by atoms with van der Waals surface area (Å²) in [4.78, 5) is 12.0. The molecule has 0 N–H and O–H groups in total. The van der Waals surface area contributed by atoms with Gasteiger partial charge in [-0.3, -0.25) is 4.79 Å². The molecule has 0 aliphatic rings. The van der Waals surface area contributed by atoms with Crippen LogP contribution in [0.5, 0.6) is 0 Å². The molecule has 0 aromatic heterocycles. The zero-order chi connectivity index (χ0) is 13.8. The number of hydrogen-bond donors (Lipinski definition) is 0. The molecule has 1 unspecified atom stereocenters. The van der Waals surface area contributed by atoms with E-state index in [9.17, 15) is 4.79 Å². The maximum absolute atomic E-state index is 12.0. The van der Waals surface area contributed by atoms with Gasteiger partial charge in [-0.05, 0) is 26.7 Å².